The quantitative estimate of drug-likeness (QED) is 0.757. The van der Waals surface area contributed by atoms with Crippen LogP contribution in [0.15, 0.2) is 24.3 Å². The summed E-state index contributed by atoms with van der Waals surface area (Å²) in [5.74, 6) is -0.794. The Balaban J connectivity index is 1.86. The van der Waals surface area contributed by atoms with Crippen molar-refractivity contribution >= 4 is 29.3 Å². The topological polar surface area (TPSA) is 87.7 Å². The Morgan fingerprint density at radius 3 is 2.17 bits per heavy atom. The molecule has 1 aromatic carbocycles. The van der Waals surface area contributed by atoms with Crippen LogP contribution in [0.5, 0.6) is 0 Å². The SMILES string of the molecule is CC(C)(C)C(=O)Nc1cccc(NC(=O)C2CCN(C(=O)OCC(F)(F)F)CC2)c1. The number of amides is 3. The second kappa shape index (κ2) is 9.36. The van der Waals surface area contributed by atoms with Gasteiger partial charge in [0.15, 0.2) is 6.61 Å². The Morgan fingerprint density at radius 2 is 1.63 bits per heavy atom. The van der Waals surface area contributed by atoms with Gasteiger partial charge in [-0.05, 0) is 31.0 Å². The molecule has 0 aromatic heterocycles. The van der Waals surface area contributed by atoms with Crippen molar-refractivity contribution in [1.29, 1.82) is 0 Å². The molecule has 0 atom stereocenters. The molecule has 0 radical (unpaired) electrons. The average molecular weight is 429 g/mol. The van der Waals surface area contributed by atoms with Gasteiger partial charge in [-0.2, -0.15) is 13.2 Å². The molecule has 0 spiro atoms. The number of piperidine rings is 1. The smallest absolute Gasteiger partial charge is 0.422 e. The standard InChI is InChI=1S/C20H26F3N3O4/c1-19(2,3)17(28)25-15-6-4-5-14(11-15)24-16(27)13-7-9-26(10-8-13)18(29)30-12-20(21,22)23/h4-6,11,13H,7-10,12H2,1-3H3,(H,24,27)(H,25,28). The van der Waals surface area contributed by atoms with E-state index in [0.29, 0.717) is 24.2 Å². The zero-order chi connectivity index (χ0) is 22.5. The normalized spacial score (nSPS) is 15.5. The van der Waals surface area contributed by atoms with E-state index in [0.717, 1.165) is 4.90 Å². The fraction of sp³-hybridized carbons (Fsp3) is 0.550. The zero-order valence-corrected chi connectivity index (χ0v) is 17.1. The molecule has 1 aliphatic heterocycles. The number of hydrogen-bond donors (Lipinski definition) is 2. The fourth-order valence-corrected chi connectivity index (χ4v) is 2.80. The van der Waals surface area contributed by atoms with Crippen molar-refractivity contribution in [2.24, 2.45) is 11.3 Å². The van der Waals surface area contributed by atoms with Gasteiger partial charge >= 0.3 is 12.3 Å². The lowest BCUT2D eigenvalue weighted by Gasteiger charge is -2.30. The van der Waals surface area contributed by atoms with E-state index in [4.69, 9.17) is 0 Å². The van der Waals surface area contributed by atoms with Crippen LogP contribution in [0.4, 0.5) is 29.3 Å². The Hall–Kier alpha value is -2.78. The summed E-state index contributed by atoms with van der Waals surface area (Å²) in [6.07, 6.45) is -4.98. The van der Waals surface area contributed by atoms with Crippen LogP contribution in [0.25, 0.3) is 0 Å². The summed E-state index contributed by atoms with van der Waals surface area (Å²) in [7, 11) is 0. The average Bonchev–Trinajstić information content (AvgIpc) is 2.65. The molecule has 166 valence electrons. The van der Waals surface area contributed by atoms with Crippen molar-refractivity contribution < 1.29 is 32.3 Å². The summed E-state index contributed by atoms with van der Waals surface area (Å²) in [5, 5.41) is 5.57. The van der Waals surface area contributed by atoms with Crippen molar-refractivity contribution in [3.8, 4) is 0 Å². The van der Waals surface area contributed by atoms with Crippen LogP contribution in [0.3, 0.4) is 0 Å². The molecule has 2 rings (SSSR count). The summed E-state index contributed by atoms with van der Waals surface area (Å²) in [4.78, 5) is 37.5. The van der Waals surface area contributed by atoms with E-state index in [1.165, 1.54) is 0 Å². The van der Waals surface area contributed by atoms with Crippen LogP contribution in [0, 0.1) is 11.3 Å². The number of benzene rings is 1. The monoisotopic (exact) mass is 429 g/mol. The number of alkyl halides is 3. The van der Waals surface area contributed by atoms with Gasteiger partial charge < -0.3 is 20.3 Å². The van der Waals surface area contributed by atoms with E-state index in [1.54, 1.807) is 45.0 Å². The number of nitrogens with zero attached hydrogens (tertiary/aromatic N) is 1. The second-order valence-corrected chi connectivity index (χ2v) is 8.21. The summed E-state index contributed by atoms with van der Waals surface area (Å²) in [6, 6.07) is 6.75. The minimum Gasteiger partial charge on any atom is -0.440 e. The molecule has 0 unspecified atom stereocenters. The highest BCUT2D eigenvalue weighted by Crippen LogP contribution is 2.23. The van der Waals surface area contributed by atoms with Gasteiger partial charge in [0.05, 0.1) is 0 Å². The summed E-state index contributed by atoms with van der Waals surface area (Å²) in [5.41, 5.74) is 0.503. The van der Waals surface area contributed by atoms with Crippen LogP contribution in [0.1, 0.15) is 33.6 Å². The number of carbonyl (C=O) groups is 3. The van der Waals surface area contributed by atoms with E-state index in [1.807, 2.05) is 0 Å². The number of likely N-dealkylation sites (tertiary alicyclic amines) is 1. The number of rotatable bonds is 4. The lowest BCUT2D eigenvalue weighted by molar-refractivity contribution is -0.162. The number of nitrogens with one attached hydrogen (secondary N) is 2. The van der Waals surface area contributed by atoms with Gasteiger partial charge in [0, 0.05) is 35.8 Å². The molecule has 1 aliphatic rings. The van der Waals surface area contributed by atoms with E-state index in [9.17, 15) is 27.6 Å². The first-order valence-corrected chi connectivity index (χ1v) is 9.56. The lowest BCUT2D eigenvalue weighted by atomic mass is 9.95. The van der Waals surface area contributed by atoms with Gasteiger partial charge in [-0.15, -0.1) is 0 Å². The van der Waals surface area contributed by atoms with Crippen LogP contribution in [0.2, 0.25) is 0 Å². The van der Waals surface area contributed by atoms with Crippen molar-refractivity contribution in [2.75, 3.05) is 30.3 Å². The Bertz CT molecular complexity index is 782. The maximum atomic E-state index is 12.5. The van der Waals surface area contributed by atoms with Crippen LogP contribution in [-0.4, -0.2) is 48.7 Å². The molecular formula is C20H26F3N3O4. The fourth-order valence-electron chi connectivity index (χ4n) is 2.80. The van der Waals surface area contributed by atoms with Gasteiger partial charge in [0.25, 0.3) is 0 Å². The van der Waals surface area contributed by atoms with E-state index in [-0.39, 0.29) is 30.8 Å². The number of halogens is 3. The van der Waals surface area contributed by atoms with E-state index >= 15 is 0 Å². The highest BCUT2D eigenvalue weighted by atomic mass is 19.4. The molecule has 1 heterocycles. The van der Waals surface area contributed by atoms with Crippen molar-refractivity contribution in [3.05, 3.63) is 24.3 Å². The minimum atomic E-state index is -4.57. The molecule has 3 amide bonds. The first kappa shape index (κ1) is 23.5. The molecule has 0 saturated carbocycles. The highest BCUT2D eigenvalue weighted by Gasteiger charge is 2.33. The van der Waals surface area contributed by atoms with Gasteiger partial charge in [0.2, 0.25) is 11.8 Å². The van der Waals surface area contributed by atoms with E-state index < -0.39 is 24.3 Å². The van der Waals surface area contributed by atoms with Crippen LogP contribution >= 0.6 is 0 Å². The Labute approximate surface area is 172 Å². The number of carbonyl (C=O) groups excluding carboxylic acids is 3. The first-order chi connectivity index (χ1) is 13.8. The van der Waals surface area contributed by atoms with Crippen LogP contribution in [-0.2, 0) is 14.3 Å². The van der Waals surface area contributed by atoms with Gasteiger partial charge in [-0.1, -0.05) is 26.8 Å². The Kier molecular flexibility index (Phi) is 7.33. The molecule has 30 heavy (non-hydrogen) atoms. The maximum Gasteiger partial charge on any atom is 0.422 e. The number of ether oxygens (including phenoxy) is 1. The van der Waals surface area contributed by atoms with Gasteiger partial charge in [0.1, 0.15) is 0 Å². The van der Waals surface area contributed by atoms with Crippen LogP contribution < -0.4 is 10.6 Å². The predicted octanol–water partition coefficient (Wildman–Crippen LogP) is 4.02. The zero-order valence-electron chi connectivity index (χ0n) is 17.1. The third-order valence-electron chi connectivity index (χ3n) is 4.55. The molecule has 7 nitrogen and oxygen atoms in total. The summed E-state index contributed by atoms with van der Waals surface area (Å²) in [6.45, 7) is 4.01. The van der Waals surface area contributed by atoms with Crippen molar-refractivity contribution in [2.45, 2.75) is 39.8 Å². The van der Waals surface area contributed by atoms with Gasteiger partial charge in [-0.3, -0.25) is 9.59 Å². The Morgan fingerprint density at radius 1 is 1.07 bits per heavy atom. The maximum absolute atomic E-state index is 12.5. The molecule has 2 N–H and O–H groups in total. The molecule has 0 bridgehead atoms. The molecular weight excluding hydrogens is 403 g/mol. The second-order valence-electron chi connectivity index (χ2n) is 8.21. The third-order valence-corrected chi connectivity index (χ3v) is 4.55. The van der Waals surface area contributed by atoms with E-state index in [2.05, 4.69) is 15.4 Å². The molecule has 0 aliphatic carbocycles. The third kappa shape index (κ3) is 7.23. The van der Waals surface area contributed by atoms with Crippen molar-refractivity contribution in [1.82, 2.24) is 4.90 Å². The summed E-state index contributed by atoms with van der Waals surface area (Å²) < 4.78 is 40.7. The largest absolute Gasteiger partial charge is 0.440 e. The van der Waals surface area contributed by atoms with Crippen molar-refractivity contribution in [3.63, 3.8) is 0 Å². The number of hydrogen-bond acceptors (Lipinski definition) is 4. The molecule has 1 aromatic rings. The highest BCUT2D eigenvalue weighted by molar-refractivity contribution is 5.96. The minimum absolute atomic E-state index is 0.135. The van der Waals surface area contributed by atoms with Gasteiger partial charge in [-0.25, -0.2) is 4.79 Å². The first-order valence-electron chi connectivity index (χ1n) is 9.56. The number of anilines is 2. The molecule has 1 saturated heterocycles. The summed E-state index contributed by atoms with van der Waals surface area (Å²) >= 11 is 0. The molecule has 10 heteroatoms. The lowest BCUT2D eigenvalue weighted by Crippen LogP contribution is -2.42. The molecule has 1 fully saturated rings. The predicted molar refractivity (Wildman–Crippen MR) is 105 cm³/mol.